The average Bonchev–Trinajstić information content (AvgIpc) is 2.78. The monoisotopic (exact) mass is 407 g/mol. The molecule has 5 nitrogen and oxygen atoms in total. The van der Waals surface area contributed by atoms with Gasteiger partial charge in [0.15, 0.2) is 5.96 Å². The molecule has 5 heteroatoms. The fraction of sp³-hybridized carbons (Fsp3) is 0.480. The highest BCUT2D eigenvalue weighted by molar-refractivity contribution is 5.79. The summed E-state index contributed by atoms with van der Waals surface area (Å²) in [7, 11) is 4.40. The van der Waals surface area contributed by atoms with E-state index in [1.807, 2.05) is 0 Å². The maximum absolute atomic E-state index is 4.89. The number of nitrogens with zero attached hydrogens (tertiary/aromatic N) is 3. The number of benzene rings is 2. The number of rotatable bonds is 8. The molecule has 2 aromatic carbocycles. The van der Waals surface area contributed by atoms with Crippen LogP contribution >= 0.6 is 0 Å². The maximum atomic E-state index is 4.89. The molecule has 3 rings (SSSR count). The third-order valence-electron chi connectivity index (χ3n) is 5.91. The molecule has 0 radical (unpaired) electrons. The van der Waals surface area contributed by atoms with Crippen molar-refractivity contribution in [3.63, 3.8) is 0 Å². The van der Waals surface area contributed by atoms with E-state index in [9.17, 15) is 0 Å². The second kappa shape index (κ2) is 11.7. The summed E-state index contributed by atoms with van der Waals surface area (Å²) < 4.78 is 0. The molecule has 1 fully saturated rings. The van der Waals surface area contributed by atoms with Crippen LogP contribution in [0.2, 0.25) is 0 Å². The lowest BCUT2D eigenvalue weighted by Gasteiger charge is -2.36. The van der Waals surface area contributed by atoms with Crippen LogP contribution in [-0.2, 0) is 0 Å². The minimum atomic E-state index is 0.376. The quantitative estimate of drug-likeness (QED) is 0.522. The lowest BCUT2D eigenvalue weighted by molar-refractivity contribution is 0.119. The summed E-state index contributed by atoms with van der Waals surface area (Å²) in [6, 6.07) is 22.1. The second-order valence-electron chi connectivity index (χ2n) is 8.21. The van der Waals surface area contributed by atoms with Gasteiger partial charge in [-0.15, -0.1) is 0 Å². The first-order chi connectivity index (χ1) is 14.7. The largest absolute Gasteiger partial charge is 0.357 e. The Morgan fingerprint density at radius 3 is 2.20 bits per heavy atom. The van der Waals surface area contributed by atoms with Crippen molar-refractivity contribution in [1.29, 1.82) is 0 Å². The molecule has 2 aromatic rings. The number of guanidine groups is 1. The Balaban J connectivity index is 1.61. The highest BCUT2D eigenvalue weighted by atomic mass is 15.3. The minimum Gasteiger partial charge on any atom is -0.357 e. The van der Waals surface area contributed by atoms with Gasteiger partial charge in [0.25, 0.3) is 0 Å². The number of nitrogens with one attached hydrogen (secondary N) is 2. The molecule has 0 saturated carbocycles. The molecule has 30 heavy (non-hydrogen) atoms. The van der Waals surface area contributed by atoms with E-state index < -0.39 is 0 Å². The molecule has 1 saturated heterocycles. The van der Waals surface area contributed by atoms with E-state index in [0.29, 0.717) is 12.0 Å². The first-order valence-corrected chi connectivity index (χ1v) is 11.2. The maximum Gasteiger partial charge on any atom is 0.191 e. The summed E-state index contributed by atoms with van der Waals surface area (Å²) in [5.74, 6) is 1.29. The lowest BCUT2D eigenvalue weighted by Crippen LogP contribution is -2.51. The van der Waals surface area contributed by atoms with Gasteiger partial charge in [0.05, 0.1) is 6.54 Å². The third-order valence-corrected chi connectivity index (χ3v) is 5.91. The van der Waals surface area contributed by atoms with Crippen molar-refractivity contribution in [1.82, 2.24) is 20.4 Å². The van der Waals surface area contributed by atoms with Crippen molar-refractivity contribution in [2.75, 3.05) is 53.4 Å². The summed E-state index contributed by atoms with van der Waals surface area (Å²) >= 11 is 0. The molecule has 1 unspecified atom stereocenters. The standard InChI is InChI=1S/C25H37N5/c1-4-26-25(28-19-23-20-29(2)17-18-30(23)3)27-16-15-24(21-11-7-5-8-12-21)22-13-9-6-10-14-22/h5-14,23-24H,4,15-20H2,1-3H3,(H2,26,27,28). The number of aliphatic imine (C=N–C) groups is 1. The molecule has 2 N–H and O–H groups in total. The SMILES string of the molecule is CCNC(=NCC1CN(C)CCN1C)NCCC(c1ccccc1)c1ccccc1. The van der Waals surface area contributed by atoms with E-state index >= 15 is 0 Å². The minimum absolute atomic E-state index is 0.376. The van der Waals surface area contributed by atoms with E-state index in [-0.39, 0.29) is 0 Å². The predicted octanol–water partition coefficient (Wildman–Crippen LogP) is 3.01. The van der Waals surface area contributed by atoms with Crippen LogP contribution in [0.4, 0.5) is 0 Å². The molecule has 1 aliphatic heterocycles. The van der Waals surface area contributed by atoms with Gasteiger partial charge in [0.1, 0.15) is 0 Å². The van der Waals surface area contributed by atoms with Crippen molar-refractivity contribution in [2.24, 2.45) is 4.99 Å². The van der Waals surface area contributed by atoms with Crippen molar-refractivity contribution < 1.29 is 0 Å². The zero-order chi connectivity index (χ0) is 21.2. The molecule has 0 aliphatic carbocycles. The van der Waals surface area contributed by atoms with Crippen LogP contribution < -0.4 is 10.6 Å². The topological polar surface area (TPSA) is 42.9 Å². The molecule has 0 bridgehead atoms. The Morgan fingerprint density at radius 1 is 0.967 bits per heavy atom. The van der Waals surface area contributed by atoms with Gasteiger partial charge in [-0.3, -0.25) is 9.89 Å². The summed E-state index contributed by atoms with van der Waals surface area (Å²) in [4.78, 5) is 9.71. The summed E-state index contributed by atoms with van der Waals surface area (Å²) in [6.45, 7) is 7.99. The zero-order valence-corrected chi connectivity index (χ0v) is 18.7. The van der Waals surface area contributed by atoms with Crippen LogP contribution in [0.25, 0.3) is 0 Å². The number of likely N-dealkylation sites (N-methyl/N-ethyl adjacent to an activating group) is 2. The average molecular weight is 408 g/mol. The van der Waals surface area contributed by atoms with Gasteiger partial charge in [-0.25, -0.2) is 0 Å². The molecule has 1 atom stereocenters. The predicted molar refractivity (Wildman–Crippen MR) is 127 cm³/mol. The van der Waals surface area contributed by atoms with Gasteiger partial charge in [0.2, 0.25) is 0 Å². The smallest absolute Gasteiger partial charge is 0.191 e. The van der Waals surface area contributed by atoms with E-state index in [2.05, 4.69) is 102 Å². The fourth-order valence-electron chi connectivity index (χ4n) is 4.07. The summed E-state index contributed by atoms with van der Waals surface area (Å²) in [6.07, 6.45) is 1.02. The Bertz CT molecular complexity index is 722. The molecular formula is C25H37N5. The Morgan fingerprint density at radius 2 is 1.60 bits per heavy atom. The first kappa shape index (κ1) is 22.3. The van der Waals surface area contributed by atoms with E-state index in [1.54, 1.807) is 0 Å². The van der Waals surface area contributed by atoms with E-state index in [1.165, 1.54) is 11.1 Å². The van der Waals surface area contributed by atoms with Gasteiger partial charge in [-0.1, -0.05) is 60.7 Å². The lowest BCUT2D eigenvalue weighted by atomic mass is 9.88. The molecule has 0 amide bonds. The van der Waals surface area contributed by atoms with Gasteiger partial charge in [-0.2, -0.15) is 0 Å². The van der Waals surface area contributed by atoms with E-state index in [0.717, 1.165) is 51.6 Å². The van der Waals surface area contributed by atoms with Crippen molar-refractivity contribution in [2.45, 2.75) is 25.3 Å². The Labute approximate surface area is 182 Å². The van der Waals surface area contributed by atoms with Gasteiger partial charge < -0.3 is 15.5 Å². The van der Waals surface area contributed by atoms with E-state index in [4.69, 9.17) is 4.99 Å². The number of hydrogen-bond donors (Lipinski definition) is 2. The molecule has 162 valence electrons. The molecule has 1 heterocycles. The number of piperazine rings is 1. The molecule has 0 spiro atoms. The molecule has 1 aliphatic rings. The van der Waals surface area contributed by atoms with Crippen LogP contribution in [0.1, 0.15) is 30.4 Å². The molecule has 0 aromatic heterocycles. The summed E-state index contributed by atoms with van der Waals surface area (Å²) in [5.41, 5.74) is 2.72. The van der Waals surface area contributed by atoms with Crippen molar-refractivity contribution in [3.05, 3.63) is 71.8 Å². The first-order valence-electron chi connectivity index (χ1n) is 11.2. The zero-order valence-electron chi connectivity index (χ0n) is 18.7. The van der Waals surface area contributed by atoms with Crippen LogP contribution in [-0.4, -0.2) is 75.2 Å². The number of hydrogen-bond acceptors (Lipinski definition) is 3. The van der Waals surface area contributed by atoms with Gasteiger partial charge in [-0.05, 0) is 38.6 Å². The van der Waals surface area contributed by atoms with Crippen LogP contribution in [0.15, 0.2) is 65.7 Å². The highest BCUT2D eigenvalue weighted by Crippen LogP contribution is 2.27. The third kappa shape index (κ3) is 6.57. The van der Waals surface area contributed by atoms with Gasteiger partial charge in [0, 0.05) is 44.7 Å². The molecular weight excluding hydrogens is 370 g/mol. The van der Waals surface area contributed by atoms with Crippen molar-refractivity contribution in [3.8, 4) is 0 Å². The second-order valence-corrected chi connectivity index (χ2v) is 8.21. The summed E-state index contributed by atoms with van der Waals surface area (Å²) in [5, 5.41) is 6.97. The van der Waals surface area contributed by atoms with Crippen LogP contribution in [0.3, 0.4) is 0 Å². The highest BCUT2D eigenvalue weighted by Gasteiger charge is 2.21. The van der Waals surface area contributed by atoms with Crippen LogP contribution in [0.5, 0.6) is 0 Å². The normalized spacial score (nSPS) is 18.5. The Kier molecular flexibility index (Phi) is 8.72. The Hall–Kier alpha value is -2.37. The fourth-order valence-corrected chi connectivity index (χ4v) is 4.07. The van der Waals surface area contributed by atoms with Gasteiger partial charge >= 0.3 is 0 Å². The van der Waals surface area contributed by atoms with Crippen molar-refractivity contribution >= 4 is 5.96 Å². The van der Waals surface area contributed by atoms with Crippen LogP contribution in [0, 0.1) is 0 Å².